The van der Waals surface area contributed by atoms with Gasteiger partial charge in [0.1, 0.15) is 6.61 Å². The van der Waals surface area contributed by atoms with E-state index in [0.717, 1.165) is 24.8 Å². The lowest BCUT2D eigenvalue weighted by molar-refractivity contribution is -0.142. The lowest BCUT2D eigenvalue weighted by atomic mass is 9.98. The van der Waals surface area contributed by atoms with Gasteiger partial charge >= 0.3 is 5.97 Å². The van der Waals surface area contributed by atoms with Gasteiger partial charge in [-0.1, -0.05) is 30.3 Å². The third kappa shape index (κ3) is 5.15. The molecule has 5 nitrogen and oxygen atoms in total. The van der Waals surface area contributed by atoms with E-state index in [1.807, 2.05) is 30.3 Å². The Hall–Kier alpha value is -1.88. The Bertz CT molecular complexity index is 489. The second-order valence-electron chi connectivity index (χ2n) is 5.65. The molecule has 0 spiro atoms. The van der Waals surface area contributed by atoms with Crippen molar-refractivity contribution in [3.8, 4) is 0 Å². The van der Waals surface area contributed by atoms with Gasteiger partial charge < -0.3 is 14.7 Å². The summed E-state index contributed by atoms with van der Waals surface area (Å²) in [5, 5.41) is 8.81. The van der Waals surface area contributed by atoms with Gasteiger partial charge in [0, 0.05) is 19.0 Å². The Labute approximate surface area is 130 Å². The van der Waals surface area contributed by atoms with Gasteiger partial charge in [-0.05, 0) is 31.2 Å². The maximum atomic E-state index is 12.3. The zero-order chi connectivity index (χ0) is 15.8. The predicted molar refractivity (Wildman–Crippen MR) is 82.3 cm³/mol. The fourth-order valence-electron chi connectivity index (χ4n) is 2.83. The van der Waals surface area contributed by atoms with Crippen LogP contribution in [0.4, 0.5) is 0 Å². The lowest BCUT2D eigenvalue weighted by Crippen LogP contribution is -2.45. The maximum absolute atomic E-state index is 12.3. The van der Waals surface area contributed by atoms with E-state index in [1.165, 1.54) is 0 Å². The molecule has 1 heterocycles. The zero-order valence-corrected chi connectivity index (χ0v) is 12.7. The molecule has 0 unspecified atom stereocenters. The molecule has 0 aromatic heterocycles. The first-order valence-electron chi connectivity index (χ1n) is 7.80. The van der Waals surface area contributed by atoms with E-state index < -0.39 is 5.97 Å². The van der Waals surface area contributed by atoms with E-state index in [1.54, 1.807) is 4.90 Å². The van der Waals surface area contributed by atoms with Gasteiger partial charge in [0.2, 0.25) is 5.91 Å². The highest BCUT2D eigenvalue weighted by Crippen LogP contribution is 2.21. The van der Waals surface area contributed by atoms with Crippen LogP contribution in [-0.2, 0) is 20.9 Å². The molecule has 2 rings (SSSR count). The van der Waals surface area contributed by atoms with Crippen molar-refractivity contribution in [2.75, 3.05) is 13.2 Å². The largest absolute Gasteiger partial charge is 0.481 e. The number of carbonyl (C=O) groups is 2. The number of amides is 1. The third-order valence-corrected chi connectivity index (χ3v) is 3.98. The number of aliphatic carboxylic acids is 1. The molecule has 0 bridgehead atoms. The minimum Gasteiger partial charge on any atom is -0.481 e. The average Bonchev–Trinajstić information content (AvgIpc) is 2.54. The summed E-state index contributed by atoms with van der Waals surface area (Å²) in [7, 11) is 0. The Morgan fingerprint density at radius 2 is 2.00 bits per heavy atom. The van der Waals surface area contributed by atoms with Crippen molar-refractivity contribution < 1.29 is 19.4 Å². The summed E-state index contributed by atoms with van der Waals surface area (Å²) in [6.45, 7) is 1.18. The van der Waals surface area contributed by atoms with Crippen molar-refractivity contribution in [1.82, 2.24) is 4.90 Å². The summed E-state index contributed by atoms with van der Waals surface area (Å²) in [6.07, 6.45) is 3.56. The van der Waals surface area contributed by atoms with E-state index in [9.17, 15) is 9.59 Å². The molecule has 1 aliphatic heterocycles. The van der Waals surface area contributed by atoms with Crippen LogP contribution in [0.25, 0.3) is 0 Å². The van der Waals surface area contributed by atoms with E-state index >= 15 is 0 Å². The van der Waals surface area contributed by atoms with Gasteiger partial charge in [-0.25, -0.2) is 0 Å². The Kier molecular flexibility index (Phi) is 6.40. The van der Waals surface area contributed by atoms with E-state index in [2.05, 4.69) is 0 Å². The summed E-state index contributed by atoms with van der Waals surface area (Å²) < 4.78 is 5.50. The monoisotopic (exact) mass is 305 g/mol. The highest BCUT2D eigenvalue weighted by Gasteiger charge is 2.26. The number of ether oxygens (including phenoxy) is 1. The van der Waals surface area contributed by atoms with Gasteiger partial charge in [-0.2, -0.15) is 0 Å². The number of carbonyl (C=O) groups excluding carboxylic acids is 1. The fraction of sp³-hybridized carbons (Fsp3) is 0.529. The number of nitrogens with zero attached hydrogens (tertiary/aromatic N) is 1. The lowest BCUT2D eigenvalue weighted by Gasteiger charge is -2.35. The number of carboxylic acid groups (broad SMARTS) is 1. The number of likely N-dealkylation sites (tertiary alicyclic amines) is 1. The average molecular weight is 305 g/mol. The van der Waals surface area contributed by atoms with Crippen LogP contribution >= 0.6 is 0 Å². The highest BCUT2D eigenvalue weighted by molar-refractivity contribution is 5.78. The summed E-state index contributed by atoms with van der Waals surface area (Å²) in [4.78, 5) is 24.8. The minimum absolute atomic E-state index is 0.0361. The van der Waals surface area contributed by atoms with Crippen LogP contribution in [0.2, 0.25) is 0 Å². The SMILES string of the molecule is O=C(O)CC[C@H]1CCCCN1C(=O)COCc1ccccc1. The summed E-state index contributed by atoms with van der Waals surface area (Å²) in [5.41, 5.74) is 1.04. The van der Waals surface area contributed by atoms with Crippen molar-refractivity contribution in [2.45, 2.75) is 44.8 Å². The molecule has 1 atom stereocenters. The van der Waals surface area contributed by atoms with E-state index in [4.69, 9.17) is 9.84 Å². The molecule has 1 N–H and O–H groups in total. The third-order valence-electron chi connectivity index (χ3n) is 3.98. The molecular formula is C17H23NO4. The number of hydrogen-bond donors (Lipinski definition) is 1. The van der Waals surface area contributed by atoms with Crippen molar-refractivity contribution in [1.29, 1.82) is 0 Å². The van der Waals surface area contributed by atoms with Gasteiger partial charge in [0.05, 0.1) is 6.61 Å². The molecule has 1 aromatic carbocycles. The maximum Gasteiger partial charge on any atom is 0.303 e. The number of benzene rings is 1. The standard InChI is InChI=1S/C17H23NO4/c19-16(13-22-12-14-6-2-1-3-7-14)18-11-5-4-8-15(18)9-10-17(20)21/h1-3,6-7,15H,4-5,8-13H2,(H,20,21)/t15-/m1/s1. The number of hydrogen-bond acceptors (Lipinski definition) is 3. The first kappa shape index (κ1) is 16.5. The molecule has 1 saturated heterocycles. The second kappa shape index (κ2) is 8.54. The molecule has 0 saturated carbocycles. The molecule has 0 radical (unpaired) electrons. The Morgan fingerprint density at radius 1 is 1.23 bits per heavy atom. The molecule has 1 amide bonds. The summed E-state index contributed by atoms with van der Waals surface area (Å²) in [6, 6.07) is 9.77. The van der Waals surface area contributed by atoms with Gasteiger partial charge in [0.25, 0.3) is 0 Å². The molecule has 5 heteroatoms. The minimum atomic E-state index is -0.807. The first-order valence-corrected chi connectivity index (χ1v) is 7.80. The topological polar surface area (TPSA) is 66.8 Å². The van der Waals surface area contributed by atoms with Crippen LogP contribution < -0.4 is 0 Å². The van der Waals surface area contributed by atoms with Crippen molar-refractivity contribution >= 4 is 11.9 Å². The molecular weight excluding hydrogens is 282 g/mol. The van der Waals surface area contributed by atoms with E-state index in [-0.39, 0.29) is 25.0 Å². The van der Waals surface area contributed by atoms with Crippen molar-refractivity contribution in [2.24, 2.45) is 0 Å². The van der Waals surface area contributed by atoms with Crippen LogP contribution in [0, 0.1) is 0 Å². The van der Waals surface area contributed by atoms with Crippen LogP contribution in [0.15, 0.2) is 30.3 Å². The van der Waals surface area contributed by atoms with Crippen LogP contribution in [0.5, 0.6) is 0 Å². The van der Waals surface area contributed by atoms with Gasteiger partial charge in [0.15, 0.2) is 0 Å². The Balaban J connectivity index is 1.79. The zero-order valence-electron chi connectivity index (χ0n) is 12.7. The highest BCUT2D eigenvalue weighted by atomic mass is 16.5. The molecule has 120 valence electrons. The van der Waals surface area contributed by atoms with Crippen LogP contribution in [-0.4, -0.2) is 41.1 Å². The molecule has 22 heavy (non-hydrogen) atoms. The molecule has 1 aromatic rings. The normalized spacial score (nSPS) is 18.2. The number of piperidine rings is 1. The number of rotatable bonds is 7. The number of carboxylic acids is 1. The molecule has 1 aliphatic rings. The fourth-order valence-corrected chi connectivity index (χ4v) is 2.83. The molecule has 0 aliphatic carbocycles. The summed E-state index contributed by atoms with van der Waals surface area (Å²) >= 11 is 0. The quantitative estimate of drug-likeness (QED) is 0.840. The first-order chi connectivity index (χ1) is 10.7. The van der Waals surface area contributed by atoms with Crippen molar-refractivity contribution in [3.63, 3.8) is 0 Å². The smallest absolute Gasteiger partial charge is 0.303 e. The Morgan fingerprint density at radius 3 is 2.73 bits per heavy atom. The van der Waals surface area contributed by atoms with Gasteiger partial charge in [-0.3, -0.25) is 9.59 Å². The van der Waals surface area contributed by atoms with Gasteiger partial charge in [-0.15, -0.1) is 0 Å². The predicted octanol–water partition coefficient (Wildman–Crippen LogP) is 2.45. The molecule has 1 fully saturated rings. The van der Waals surface area contributed by atoms with Crippen molar-refractivity contribution in [3.05, 3.63) is 35.9 Å². The van der Waals surface area contributed by atoms with Crippen LogP contribution in [0.3, 0.4) is 0 Å². The summed E-state index contributed by atoms with van der Waals surface area (Å²) in [5.74, 6) is -0.843. The van der Waals surface area contributed by atoms with Crippen LogP contribution in [0.1, 0.15) is 37.7 Å². The second-order valence-corrected chi connectivity index (χ2v) is 5.65. The van der Waals surface area contributed by atoms with E-state index in [0.29, 0.717) is 19.6 Å².